The molecule has 0 unspecified atom stereocenters. The highest BCUT2D eigenvalue weighted by Crippen LogP contribution is 2.56. The Morgan fingerprint density at radius 2 is 0.632 bits per heavy atom. The van der Waals surface area contributed by atoms with Gasteiger partial charge in [0.05, 0.1) is 6.16 Å². The predicted molar refractivity (Wildman–Crippen MR) is 170 cm³/mol. The molecule has 0 aliphatic heterocycles. The molecule has 0 fully saturated rings. The highest BCUT2D eigenvalue weighted by Gasteiger charge is 2.44. The van der Waals surface area contributed by atoms with Gasteiger partial charge in [0.2, 0.25) is 0 Å². The molecule has 208 valence electrons. The Labute approximate surface area is 246 Å². The van der Waals surface area contributed by atoms with E-state index in [1.54, 1.807) is 0 Å². The predicted octanol–water partition coefficient (Wildman–Crippen LogP) is 7.25. The van der Waals surface area contributed by atoms with Crippen LogP contribution in [0.3, 0.4) is 0 Å². The zero-order chi connectivity index (χ0) is 25.9. The van der Waals surface area contributed by atoms with E-state index in [-0.39, 0.29) is 17.0 Å². The molecule has 0 saturated heterocycles. The van der Waals surface area contributed by atoms with Crippen molar-refractivity contribution in [3.8, 4) is 0 Å². The monoisotopic (exact) mass is 594 g/mol. The van der Waals surface area contributed by atoms with Crippen LogP contribution in [-0.2, 0) is 0 Å². The molecule has 0 radical (unpaired) electrons. The average Bonchev–Trinajstić information content (AvgIpc) is 2.96. The van der Waals surface area contributed by atoms with Crippen LogP contribution in [-0.4, -0.2) is 6.16 Å². The van der Waals surface area contributed by atoms with Crippen molar-refractivity contribution in [2.45, 2.75) is 110 Å². The highest BCUT2D eigenvalue weighted by atomic mass is 79.9. The second-order valence-electron chi connectivity index (χ2n) is 10.8. The van der Waals surface area contributed by atoms with Crippen LogP contribution in [0.2, 0.25) is 0 Å². The molecular weight excluding hydrogens is 543 g/mol. The third kappa shape index (κ3) is 11.0. The van der Waals surface area contributed by atoms with Crippen molar-refractivity contribution in [2.75, 3.05) is 6.16 Å². The van der Waals surface area contributed by atoms with Gasteiger partial charge in [0, 0.05) is 0 Å². The molecule has 0 saturated carbocycles. The first kappa shape index (κ1) is 32.8. The van der Waals surface area contributed by atoms with E-state index in [1.807, 2.05) is 0 Å². The number of halogens is 1. The topological polar surface area (TPSA) is 0 Å². The van der Waals surface area contributed by atoms with Crippen LogP contribution in [0.15, 0.2) is 91.0 Å². The summed E-state index contributed by atoms with van der Waals surface area (Å²) >= 11 is 0. The normalized spacial score (nSPS) is 11.3. The standard InChI is InChI=1S/C36H52P.BrH/c1-2-3-4-5-6-7-8-9-10-11-12-13-14-15-16-26-33-37(34-27-20-17-21-28-34,35-29-22-18-23-30-35)36-31-24-19-25-32-36;/h17-25,27-32H,2-16,26,33H2,1H3;1H/q+1;/p-1. The van der Waals surface area contributed by atoms with Crippen molar-refractivity contribution in [1.29, 1.82) is 0 Å². The van der Waals surface area contributed by atoms with E-state index in [0.29, 0.717) is 0 Å². The maximum atomic E-state index is 2.38. The van der Waals surface area contributed by atoms with Gasteiger partial charge in [-0.1, -0.05) is 151 Å². The van der Waals surface area contributed by atoms with Crippen LogP contribution in [0.5, 0.6) is 0 Å². The Balaban J connectivity index is 0.00000507. The van der Waals surface area contributed by atoms with Gasteiger partial charge in [-0.3, -0.25) is 0 Å². The molecule has 0 amide bonds. The van der Waals surface area contributed by atoms with Crippen molar-refractivity contribution >= 4 is 23.2 Å². The Bertz CT molecular complexity index is 829. The lowest BCUT2D eigenvalue weighted by Crippen LogP contribution is -3.00. The molecule has 0 heterocycles. The van der Waals surface area contributed by atoms with Crippen molar-refractivity contribution < 1.29 is 17.0 Å². The van der Waals surface area contributed by atoms with E-state index in [4.69, 9.17) is 0 Å². The van der Waals surface area contributed by atoms with E-state index in [9.17, 15) is 0 Å². The molecule has 0 nitrogen and oxygen atoms in total. The number of unbranched alkanes of at least 4 members (excludes halogenated alkanes) is 15. The average molecular weight is 596 g/mol. The summed E-state index contributed by atoms with van der Waals surface area (Å²) in [4.78, 5) is 0. The Kier molecular flexibility index (Phi) is 17.7. The number of hydrogen-bond acceptors (Lipinski definition) is 0. The molecule has 0 spiro atoms. The summed E-state index contributed by atoms with van der Waals surface area (Å²) in [6, 6.07) is 34.1. The molecule has 38 heavy (non-hydrogen) atoms. The fraction of sp³-hybridized carbons (Fsp3) is 0.500. The number of benzene rings is 3. The minimum absolute atomic E-state index is 0. The van der Waals surface area contributed by atoms with Crippen LogP contribution in [0.4, 0.5) is 0 Å². The maximum Gasteiger partial charge on any atom is 0.112 e. The van der Waals surface area contributed by atoms with Crippen LogP contribution in [0.1, 0.15) is 110 Å². The third-order valence-electron chi connectivity index (χ3n) is 7.94. The number of rotatable bonds is 20. The maximum absolute atomic E-state index is 2.38. The quantitative estimate of drug-likeness (QED) is 0.0954. The fourth-order valence-corrected chi connectivity index (χ4v) is 10.2. The summed E-state index contributed by atoms with van der Waals surface area (Å²) in [5.41, 5.74) is 0. The van der Waals surface area contributed by atoms with E-state index >= 15 is 0 Å². The lowest BCUT2D eigenvalue weighted by molar-refractivity contribution is -0.00000762. The summed E-state index contributed by atoms with van der Waals surface area (Å²) in [5, 5.41) is 4.56. The lowest BCUT2D eigenvalue weighted by atomic mass is 10.0. The SMILES string of the molecule is CCCCCCCCCCCCCCCCCC[P+](c1ccccc1)(c1ccccc1)c1ccccc1.[Br-]. The van der Waals surface area contributed by atoms with Gasteiger partial charge in [-0.05, 0) is 49.2 Å². The van der Waals surface area contributed by atoms with Gasteiger partial charge >= 0.3 is 0 Å². The second kappa shape index (κ2) is 20.5. The van der Waals surface area contributed by atoms with Gasteiger partial charge in [0.15, 0.2) is 0 Å². The van der Waals surface area contributed by atoms with Gasteiger partial charge in [-0.25, -0.2) is 0 Å². The number of hydrogen-bond donors (Lipinski definition) is 0. The van der Waals surface area contributed by atoms with Crippen LogP contribution in [0, 0.1) is 0 Å². The zero-order valence-corrected chi connectivity index (χ0v) is 26.5. The molecule has 3 aromatic carbocycles. The molecule has 2 heteroatoms. The van der Waals surface area contributed by atoms with Crippen LogP contribution < -0.4 is 32.9 Å². The van der Waals surface area contributed by atoms with E-state index in [0.717, 1.165) is 0 Å². The molecule has 0 N–H and O–H groups in total. The minimum atomic E-state index is -1.64. The fourth-order valence-electron chi connectivity index (χ4n) is 5.78. The Morgan fingerprint density at radius 1 is 0.368 bits per heavy atom. The smallest absolute Gasteiger partial charge is 0.112 e. The van der Waals surface area contributed by atoms with Crippen molar-refractivity contribution in [2.24, 2.45) is 0 Å². The summed E-state index contributed by atoms with van der Waals surface area (Å²) in [6.07, 6.45) is 24.0. The first-order valence-corrected chi connectivity index (χ1v) is 17.4. The Hall–Kier alpha value is -1.43. The highest BCUT2D eigenvalue weighted by molar-refractivity contribution is 7.95. The molecule has 0 aliphatic carbocycles. The summed E-state index contributed by atoms with van der Waals surface area (Å²) in [6.45, 7) is 2.30. The molecule has 0 atom stereocenters. The largest absolute Gasteiger partial charge is 1.00 e. The molecule has 3 aromatic rings. The van der Waals surface area contributed by atoms with E-state index in [2.05, 4.69) is 97.9 Å². The second-order valence-corrected chi connectivity index (χ2v) is 14.5. The molecule has 0 aromatic heterocycles. The molecule has 3 rings (SSSR count). The minimum Gasteiger partial charge on any atom is -1.00 e. The van der Waals surface area contributed by atoms with Crippen molar-refractivity contribution in [3.63, 3.8) is 0 Å². The van der Waals surface area contributed by atoms with Crippen LogP contribution in [0.25, 0.3) is 0 Å². The van der Waals surface area contributed by atoms with Gasteiger partial charge in [-0.15, -0.1) is 0 Å². The molecule has 0 bridgehead atoms. The van der Waals surface area contributed by atoms with Crippen molar-refractivity contribution in [3.05, 3.63) is 91.0 Å². The van der Waals surface area contributed by atoms with E-state index < -0.39 is 7.26 Å². The summed E-state index contributed by atoms with van der Waals surface area (Å²) in [7, 11) is -1.64. The summed E-state index contributed by atoms with van der Waals surface area (Å²) in [5.74, 6) is 0. The zero-order valence-electron chi connectivity index (χ0n) is 24.0. The lowest BCUT2D eigenvalue weighted by Gasteiger charge is -2.27. The van der Waals surface area contributed by atoms with E-state index in [1.165, 1.54) is 125 Å². The van der Waals surface area contributed by atoms with Gasteiger partial charge < -0.3 is 17.0 Å². The van der Waals surface area contributed by atoms with Crippen LogP contribution >= 0.6 is 7.26 Å². The molecular formula is C36H52BrP. The third-order valence-corrected chi connectivity index (χ3v) is 12.5. The van der Waals surface area contributed by atoms with Gasteiger partial charge in [0.25, 0.3) is 0 Å². The van der Waals surface area contributed by atoms with Gasteiger partial charge in [-0.2, -0.15) is 0 Å². The molecule has 0 aliphatic rings. The first-order chi connectivity index (χ1) is 18.4. The van der Waals surface area contributed by atoms with Crippen molar-refractivity contribution in [1.82, 2.24) is 0 Å². The summed E-state index contributed by atoms with van der Waals surface area (Å²) < 4.78 is 0. The van der Waals surface area contributed by atoms with Gasteiger partial charge in [0.1, 0.15) is 23.2 Å². The first-order valence-electron chi connectivity index (χ1n) is 15.4. The Morgan fingerprint density at radius 3 is 0.921 bits per heavy atom.